The van der Waals surface area contributed by atoms with Gasteiger partial charge in [-0.15, -0.1) is 12.4 Å². The largest absolute Gasteiger partial charge is 0.492 e. The highest BCUT2D eigenvalue weighted by Gasteiger charge is 2.18. The topological polar surface area (TPSA) is 24.5 Å². The lowest BCUT2D eigenvalue weighted by molar-refractivity contribution is 0.151. The molecule has 1 aliphatic rings. The maximum Gasteiger partial charge on any atom is 0.119 e. The number of halogens is 2. The van der Waals surface area contributed by atoms with Crippen molar-refractivity contribution in [3.8, 4) is 5.75 Å². The van der Waals surface area contributed by atoms with Crippen LogP contribution < -0.4 is 10.1 Å². The van der Waals surface area contributed by atoms with Crippen LogP contribution >= 0.6 is 24.0 Å². The van der Waals surface area contributed by atoms with Crippen molar-refractivity contribution in [2.45, 2.75) is 19.3 Å². The van der Waals surface area contributed by atoms with E-state index in [1.54, 1.807) is 0 Å². The molecule has 2 rings (SSSR count). The van der Waals surface area contributed by atoms with E-state index in [1.807, 2.05) is 31.3 Å². The van der Waals surface area contributed by atoms with Crippen LogP contribution in [-0.2, 0) is 0 Å². The van der Waals surface area contributed by atoms with Crippen molar-refractivity contribution in [3.05, 3.63) is 29.3 Å². The smallest absolute Gasteiger partial charge is 0.119 e. The molecule has 0 atom stereocenters. The fourth-order valence-corrected chi connectivity index (χ4v) is 2.80. The van der Waals surface area contributed by atoms with Crippen molar-refractivity contribution in [1.82, 2.24) is 10.2 Å². The molecule has 1 N–H and O–H groups in total. The van der Waals surface area contributed by atoms with E-state index in [4.69, 9.17) is 16.3 Å². The Morgan fingerprint density at radius 1 is 1.24 bits per heavy atom. The highest BCUT2D eigenvalue weighted by Crippen LogP contribution is 2.20. The Morgan fingerprint density at radius 2 is 1.90 bits per heavy atom. The van der Waals surface area contributed by atoms with Gasteiger partial charge >= 0.3 is 0 Å². The van der Waals surface area contributed by atoms with Crippen LogP contribution in [0.3, 0.4) is 0 Å². The second kappa shape index (κ2) is 10.3. The summed E-state index contributed by atoms with van der Waals surface area (Å²) in [6, 6.07) is 7.58. The van der Waals surface area contributed by atoms with E-state index < -0.39 is 0 Å². The number of nitrogens with zero attached hydrogens (tertiary/aromatic N) is 1. The van der Waals surface area contributed by atoms with Crippen LogP contribution in [0.2, 0.25) is 5.02 Å². The molecule has 0 aliphatic carbocycles. The highest BCUT2D eigenvalue weighted by molar-refractivity contribution is 6.30. The molecule has 1 aliphatic heterocycles. The number of piperidine rings is 1. The summed E-state index contributed by atoms with van der Waals surface area (Å²) in [5, 5.41) is 3.99. The van der Waals surface area contributed by atoms with Gasteiger partial charge in [0.1, 0.15) is 12.4 Å². The van der Waals surface area contributed by atoms with Crippen LogP contribution in [0.25, 0.3) is 0 Å². The molecule has 0 saturated carbocycles. The molecule has 0 spiro atoms. The normalized spacial score (nSPS) is 16.5. The molecular formula is C16H26Cl2N2O. The fourth-order valence-electron chi connectivity index (χ4n) is 2.67. The summed E-state index contributed by atoms with van der Waals surface area (Å²) in [6.45, 7) is 5.32. The number of likely N-dealkylation sites (tertiary alicyclic amines) is 1. The summed E-state index contributed by atoms with van der Waals surface area (Å²) in [4.78, 5) is 2.51. The minimum atomic E-state index is 0. The number of rotatable bonds is 7. The molecule has 0 amide bonds. The lowest BCUT2D eigenvalue weighted by Gasteiger charge is -2.31. The monoisotopic (exact) mass is 332 g/mol. The maximum absolute atomic E-state index is 5.85. The first-order chi connectivity index (χ1) is 9.78. The zero-order valence-electron chi connectivity index (χ0n) is 12.7. The lowest BCUT2D eigenvalue weighted by atomic mass is 9.93. The second-order valence-electron chi connectivity index (χ2n) is 5.48. The van der Waals surface area contributed by atoms with Crippen molar-refractivity contribution in [2.75, 3.05) is 39.8 Å². The van der Waals surface area contributed by atoms with Crippen molar-refractivity contribution in [1.29, 1.82) is 0 Å². The molecule has 5 heteroatoms. The Kier molecular flexibility index (Phi) is 9.09. The van der Waals surface area contributed by atoms with Crippen molar-refractivity contribution < 1.29 is 4.74 Å². The SMILES string of the molecule is CNCCC1CCN(CCOc2ccc(Cl)cc2)CC1.Cl. The van der Waals surface area contributed by atoms with Crippen LogP contribution in [0.15, 0.2) is 24.3 Å². The number of hydrogen-bond acceptors (Lipinski definition) is 3. The summed E-state index contributed by atoms with van der Waals surface area (Å²) in [5.74, 6) is 1.80. The van der Waals surface area contributed by atoms with Gasteiger partial charge in [-0.25, -0.2) is 0 Å². The van der Waals surface area contributed by atoms with Gasteiger partial charge in [0.15, 0.2) is 0 Å². The first-order valence-electron chi connectivity index (χ1n) is 7.53. The molecule has 0 bridgehead atoms. The number of benzene rings is 1. The predicted molar refractivity (Wildman–Crippen MR) is 91.9 cm³/mol. The summed E-state index contributed by atoms with van der Waals surface area (Å²) in [5.41, 5.74) is 0. The average molecular weight is 333 g/mol. The van der Waals surface area contributed by atoms with Crippen molar-refractivity contribution in [2.24, 2.45) is 5.92 Å². The second-order valence-corrected chi connectivity index (χ2v) is 5.92. The molecule has 1 saturated heterocycles. The Bertz CT molecular complexity index is 378. The van der Waals surface area contributed by atoms with E-state index in [9.17, 15) is 0 Å². The Labute approximate surface area is 139 Å². The summed E-state index contributed by atoms with van der Waals surface area (Å²) in [7, 11) is 2.03. The third-order valence-corrected chi connectivity index (χ3v) is 4.25. The fraction of sp³-hybridized carbons (Fsp3) is 0.625. The van der Waals surface area contributed by atoms with Crippen LogP contribution in [0, 0.1) is 5.92 Å². The molecule has 0 aromatic heterocycles. The Hall–Kier alpha value is -0.480. The minimum Gasteiger partial charge on any atom is -0.492 e. The third-order valence-electron chi connectivity index (χ3n) is 4.00. The van der Waals surface area contributed by atoms with E-state index in [2.05, 4.69) is 10.2 Å². The van der Waals surface area contributed by atoms with Gasteiger partial charge in [0, 0.05) is 11.6 Å². The van der Waals surface area contributed by atoms with Crippen molar-refractivity contribution >= 4 is 24.0 Å². The van der Waals surface area contributed by atoms with Gasteiger partial charge in [-0.2, -0.15) is 0 Å². The molecule has 1 aromatic rings. The minimum absolute atomic E-state index is 0. The quantitative estimate of drug-likeness (QED) is 0.827. The van der Waals surface area contributed by atoms with E-state index >= 15 is 0 Å². The molecule has 1 heterocycles. The zero-order chi connectivity index (χ0) is 14.2. The van der Waals surface area contributed by atoms with E-state index in [0.717, 1.165) is 36.4 Å². The summed E-state index contributed by atoms with van der Waals surface area (Å²) >= 11 is 5.85. The average Bonchev–Trinajstić information content (AvgIpc) is 2.48. The highest BCUT2D eigenvalue weighted by atomic mass is 35.5. The molecular weight excluding hydrogens is 307 g/mol. The van der Waals surface area contributed by atoms with Crippen molar-refractivity contribution in [3.63, 3.8) is 0 Å². The van der Waals surface area contributed by atoms with Gasteiger partial charge in [0.2, 0.25) is 0 Å². The Morgan fingerprint density at radius 3 is 2.52 bits per heavy atom. The standard InChI is InChI=1S/C16H25ClN2O.ClH/c1-18-9-6-14-7-10-19(11-8-14)12-13-20-16-4-2-15(17)3-5-16;/h2-5,14,18H,6-13H2,1H3;1H. The van der Waals surface area contributed by atoms with Crippen LogP contribution in [0.5, 0.6) is 5.75 Å². The van der Waals surface area contributed by atoms with Crippen LogP contribution in [0.4, 0.5) is 0 Å². The molecule has 1 aromatic carbocycles. The molecule has 3 nitrogen and oxygen atoms in total. The summed E-state index contributed by atoms with van der Waals surface area (Å²) < 4.78 is 5.75. The molecule has 21 heavy (non-hydrogen) atoms. The summed E-state index contributed by atoms with van der Waals surface area (Å²) in [6.07, 6.45) is 3.96. The van der Waals surface area contributed by atoms with Crippen LogP contribution in [-0.4, -0.2) is 44.7 Å². The predicted octanol–water partition coefficient (Wildman–Crippen LogP) is 3.46. The van der Waals surface area contributed by atoms with Gasteiger partial charge in [-0.1, -0.05) is 11.6 Å². The zero-order valence-corrected chi connectivity index (χ0v) is 14.3. The van der Waals surface area contributed by atoms with Crippen LogP contribution in [0.1, 0.15) is 19.3 Å². The van der Waals surface area contributed by atoms with Gasteiger partial charge in [0.25, 0.3) is 0 Å². The molecule has 120 valence electrons. The van der Waals surface area contributed by atoms with Gasteiger partial charge < -0.3 is 10.1 Å². The molecule has 0 unspecified atom stereocenters. The van der Waals surface area contributed by atoms with E-state index in [-0.39, 0.29) is 12.4 Å². The van der Waals surface area contributed by atoms with E-state index in [0.29, 0.717) is 0 Å². The van der Waals surface area contributed by atoms with Gasteiger partial charge in [0.05, 0.1) is 0 Å². The lowest BCUT2D eigenvalue weighted by Crippen LogP contribution is -2.37. The molecule has 0 radical (unpaired) electrons. The number of hydrogen-bond donors (Lipinski definition) is 1. The first kappa shape index (κ1) is 18.6. The van der Waals surface area contributed by atoms with Gasteiger partial charge in [-0.05, 0) is 76.1 Å². The number of nitrogens with one attached hydrogen (secondary N) is 1. The number of ether oxygens (including phenoxy) is 1. The maximum atomic E-state index is 5.85. The van der Waals surface area contributed by atoms with E-state index in [1.165, 1.54) is 32.4 Å². The van der Waals surface area contributed by atoms with Gasteiger partial charge in [-0.3, -0.25) is 4.90 Å². The first-order valence-corrected chi connectivity index (χ1v) is 7.91. The Balaban J connectivity index is 0.00000220. The third kappa shape index (κ3) is 6.88. The molecule has 1 fully saturated rings.